The minimum absolute atomic E-state index is 0.0629. The van der Waals surface area contributed by atoms with Gasteiger partial charge in [0.05, 0.1) is 5.69 Å². The molecule has 0 aliphatic rings. The minimum Gasteiger partial charge on any atom is -0.478 e. The van der Waals surface area contributed by atoms with Crippen molar-refractivity contribution in [3.63, 3.8) is 0 Å². The van der Waals surface area contributed by atoms with Crippen LogP contribution in [0.3, 0.4) is 0 Å². The van der Waals surface area contributed by atoms with E-state index in [2.05, 4.69) is 9.97 Å². The van der Waals surface area contributed by atoms with Crippen molar-refractivity contribution >= 4 is 5.97 Å². The Morgan fingerprint density at radius 1 is 1.35 bits per heavy atom. The summed E-state index contributed by atoms with van der Waals surface area (Å²) >= 11 is 0. The van der Waals surface area contributed by atoms with Crippen LogP contribution < -0.4 is 0 Å². The van der Waals surface area contributed by atoms with E-state index in [9.17, 15) is 9.18 Å². The predicted molar refractivity (Wildman–Crippen MR) is 70.6 cm³/mol. The van der Waals surface area contributed by atoms with E-state index < -0.39 is 5.97 Å². The summed E-state index contributed by atoms with van der Waals surface area (Å²) in [5.41, 5.74) is 1.03. The summed E-state index contributed by atoms with van der Waals surface area (Å²) < 4.78 is 13.5. The topological polar surface area (TPSA) is 66.3 Å². The average Bonchev–Trinajstić information content (AvgIpc) is 2.41. The van der Waals surface area contributed by atoms with Crippen molar-refractivity contribution in [2.24, 2.45) is 0 Å². The summed E-state index contributed by atoms with van der Waals surface area (Å²) in [5.74, 6) is -1.35. The van der Waals surface area contributed by atoms with Crippen molar-refractivity contribution in [3.05, 3.63) is 59.4 Å². The Labute approximate surface area is 115 Å². The number of hydrogen-bond donors (Lipinski definition) is 1. The standard InChI is InChI=1S/C14H14FN3O2/c1-18(7-10-4-2-3-5-12(10)15)8-13-11(14(19)20)6-16-9-17-13/h2-6,9H,7-8H2,1H3,(H,19,20). The third kappa shape index (κ3) is 3.36. The number of aromatic carboxylic acids is 1. The highest BCUT2D eigenvalue weighted by Gasteiger charge is 2.14. The number of carboxylic acid groups (broad SMARTS) is 1. The Morgan fingerprint density at radius 3 is 2.80 bits per heavy atom. The fourth-order valence-electron chi connectivity index (χ4n) is 1.89. The van der Waals surface area contributed by atoms with Crippen LogP contribution in [-0.4, -0.2) is 33.0 Å². The zero-order chi connectivity index (χ0) is 14.5. The van der Waals surface area contributed by atoms with Crippen molar-refractivity contribution in [2.45, 2.75) is 13.1 Å². The molecule has 2 aromatic rings. The fraction of sp³-hybridized carbons (Fsp3) is 0.214. The molecule has 0 fully saturated rings. The molecule has 1 aromatic carbocycles. The Hall–Kier alpha value is -2.34. The van der Waals surface area contributed by atoms with Crippen LogP contribution in [0.25, 0.3) is 0 Å². The molecule has 2 rings (SSSR count). The summed E-state index contributed by atoms with van der Waals surface area (Å²) in [6.45, 7) is 0.675. The predicted octanol–water partition coefficient (Wildman–Crippen LogP) is 1.95. The van der Waals surface area contributed by atoms with E-state index in [1.165, 1.54) is 18.6 Å². The van der Waals surface area contributed by atoms with E-state index in [0.717, 1.165) is 0 Å². The van der Waals surface area contributed by atoms with Gasteiger partial charge in [-0.15, -0.1) is 0 Å². The Kier molecular flexibility index (Phi) is 4.37. The van der Waals surface area contributed by atoms with Crippen LogP contribution in [0.4, 0.5) is 4.39 Å². The second-order valence-corrected chi connectivity index (χ2v) is 4.45. The summed E-state index contributed by atoms with van der Waals surface area (Å²) in [4.78, 5) is 20.5. The van der Waals surface area contributed by atoms with E-state index in [1.807, 2.05) is 0 Å². The molecular formula is C14H14FN3O2. The molecule has 0 atom stereocenters. The second kappa shape index (κ2) is 6.21. The lowest BCUT2D eigenvalue weighted by Crippen LogP contribution is -2.20. The van der Waals surface area contributed by atoms with Gasteiger partial charge in [-0.3, -0.25) is 4.90 Å². The van der Waals surface area contributed by atoms with Crippen LogP contribution in [0, 0.1) is 5.82 Å². The number of hydrogen-bond acceptors (Lipinski definition) is 4. The molecule has 0 unspecified atom stereocenters. The van der Waals surface area contributed by atoms with Crippen molar-refractivity contribution < 1.29 is 14.3 Å². The van der Waals surface area contributed by atoms with Gasteiger partial charge in [-0.2, -0.15) is 0 Å². The molecular weight excluding hydrogens is 261 g/mol. The number of rotatable bonds is 5. The van der Waals surface area contributed by atoms with Crippen LogP contribution in [0.2, 0.25) is 0 Å². The number of benzene rings is 1. The van der Waals surface area contributed by atoms with Gasteiger partial charge in [-0.05, 0) is 13.1 Å². The molecule has 0 aliphatic heterocycles. The molecule has 0 bridgehead atoms. The SMILES string of the molecule is CN(Cc1ccccc1F)Cc1ncncc1C(=O)O. The molecule has 0 saturated heterocycles. The van der Waals surface area contributed by atoms with Gasteiger partial charge >= 0.3 is 5.97 Å². The summed E-state index contributed by atoms with van der Waals surface area (Å²) in [6, 6.07) is 6.49. The van der Waals surface area contributed by atoms with Gasteiger partial charge in [0.2, 0.25) is 0 Å². The van der Waals surface area contributed by atoms with Gasteiger partial charge in [0.15, 0.2) is 0 Å². The smallest absolute Gasteiger partial charge is 0.339 e. The lowest BCUT2D eigenvalue weighted by atomic mass is 10.2. The third-order valence-corrected chi connectivity index (χ3v) is 2.84. The van der Waals surface area contributed by atoms with Crippen molar-refractivity contribution in [3.8, 4) is 0 Å². The highest BCUT2D eigenvalue weighted by Crippen LogP contribution is 2.12. The molecule has 0 radical (unpaired) electrons. The molecule has 1 aromatic heterocycles. The fourth-order valence-corrected chi connectivity index (χ4v) is 1.89. The van der Waals surface area contributed by atoms with Gasteiger partial charge in [0.1, 0.15) is 17.7 Å². The quantitative estimate of drug-likeness (QED) is 0.903. The van der Waals surface area contributed by atoms with Crippen LogP contribution >= 0.6 is 0 Å². The van der Waals surface area contributed by atoms with E-state index >= 15 is 0 Å². The molecule has 1 N–H and O–H groups in total. The largest absolute Gasteiger partial charge is 0.478 e. The highest BCUT2D eigenvalue weighted by molar-refractivity contribution is 5.88. The van der Waals surface area contributed by atoms with Crippen LogP contribution in [0.1, 0.15) is 21.6 Å². The molecule has 5 nitrogen and oxygen atoms in total. The molecule has 0 saturated carbocycles. The number of aromatic nitrogens is 2. The molecule has 20 heavy (non-hydrogen) atoms. The average molecular weight is 275 g/mol. The monoisotopic (exact) mass is 275 g/mol. The maximum Gasteiger partial charge on any atom is 0.339 e. The highest BCUT2D eigenvalue weighted by atomic mass is 19.1. The summed E-state index contributed by atoms with van der Waals surface area (Å²) in [6.07, 6.45) is 2.57. The molecule has 0 amide bonds. The Balaban J connectivity index is 2.11. The Morgan fingerprint density at radius 2 is 2.10 bits per heavy atom. The maximum absolute atomic E-state index is 13.5. The summed E-state index contributed by atoms with van der Waals surface area (Å²) in [5, 5.41) is 9.05. The molecule has 1 heterocycles. The Bertz CT molecular complexity index is 619. The number of nitrogens with zero attached hydrogens (tertiary/aromatic N) is 3. The second-order valence-electron chi connectivity index (χ2n) is 4.45. The number of carbonyl (C=O) groups is 1. The van der Waals surface area contributed by atoms with Crippen molar-refractivity contribution in [1.29, 1.82) is 0 Å². The number of carboxylic acids is 1. The third-order valence-electron chi connectivity index (χ3n) is 2.84. The van der Waals surface area contributed by atoms with E-state index in [1.54, 1.807) is 30.1 Å². The van der Waals surface area contributed by atoms with E-state index in [0.29, 0.717) is 24.3 Å². The van der Waals surface area contributed by atoms with Gasteiger partial charge in [-0.1, -0.05) is 18.2 Å². The minimum atomic E-state index is -1.07. The normalized spacial score (nSPS) is 10.8. The first kappa shape index (κ1) is 14.1. The lowest BCUT2D eigenvalue weighted by molar-refractivity contribution is 0.0693. The van der Waals surface area contributed by atoms with Crippen LogP contribution in [0.15, 0.2) is 36.8 Å². The van der Waals surface area contributed by atoms with E-state index in [4.69, 9.17) is 5.11 Å². The summed E-state index contributed by atoms with van der Waals surface area (Å²) in [7, 11) is 1.78. The van der Waals surface area contributed by atoms with Crippen molar-refractivity contribution in [2.75, 3.05) is 7.05 Å². The first-order valence-electron chi connectivity index (χ1n) is 6.02. The van der Waals surface area contributed by atoms with Gasteiger partial charge < -0.3 is 5.11 Å². The van der Waals surface area contributed by atoms with Crippen LogP contribution in [0.5, 0.6) is 0 Å². The van der Waals surface area contributed by atoms with Crippen molar-refractivity contribution in [1.82, 2.24) is 14.9 Å². The first-order valence-corrected chi connectivity index (χ1v) is 6.02. The lowest BCUT2D eigenvalue weighted by Gasteiger charge is -2.17. The van der Waals surface area contributed by atoms with Gasteiger partial charge in [-0.25, -0.2) is 19.2 Å². The zero-order valence-corrected chi connectivity index (χ0v) is 11.0. The molecule has 6 heteroatoms. The van der Waals surface area contributed by atoms with Crippen LogP contribution in [-0.2, 0) is 13.1 Å². The molecule has 0 aliphatic carbocycles. The first-order chi connectivity index (χ1) is 9.58. The van der Waals surface area contributed by atoms with Gasteiger partial charge in [0, 0.05) is 24.8 Å². The van der Waals surface area contributed by atoms with E-state index in [-0.39, 0.29) is 11.4 Å². The number of halogens is 1. The maximum atomic E-state index is 13.5. The molecule has 104 valence electrons. The zero-order valence-electron chi connectivity index (χ0n) is 11.0. The molecule has 0 spiro atoms. The van der Waals surface area contributed by atoms with Gasteiger partial charge in [0.25, 0.3) is 0 Å².